The van der Waals surface area contributed by atoms with Crippen molar-refractivity contribution in [1.82, 2.24) is 20.9 Å². The predicted molar refractivity (Wildman–Crippen MR) is 140 cm³/mol. The van der Waals surface area contributed by atoms with Crippen LogP contribution in [0.15, 0.2) is 47.4 Å². The number of rotatable bonds is 10. The van der Waals surface area contributed by atoms with Crippen molar-refractivity contribution in [1.29, 1.82) is 0 Å². The zero-order chi connectivity index (χ0) is 27.0. The molecule has 7 nitrogen and oxygen atoms in total. The summed E-state index contributed by atoms with van der Waals surface area (Å²) in [5.41, 5.74) is 5.24. The summed E-state index contributed by atoms with van der Waals surface area (Å²) >= 11 is 1.68. The highest BCUT2D eigenvalue weighted by molar-refractivity contribution is 7.98. The van der Waals surface area contributed by atoms with Crippen LogP contribution in [0.2, 0.25) is 0 Å². The third-order valence-electron chi connectivity index (χ3n) is 6.26. The zero-order valence-corrected chi connectivity index (χ0v) is 21.8. The Morgan fingerprint density at radius 2 is 1.86 bits per heavy atom. The quantitative estimate of drug-likeness (QED) is 0.274. The van der Waals surface area contributed by atoms with Gasteiger partial charge in [-0.25, -0.2) is 0 Å². The lowest BCUT2D eigenvalue weighted by Crippen LogP contribution is -2.60. The number of carbonyl (C=O) groups excluding carboxylic acids is 2. The van der Waals surface area contributed by atoms with E-state index in [1.165, 1.54) is 4.90 Å². The summed E-state index contributed by atoms with van der Waals surface area (Å²) in [6.07, 6.45) is -0.755. The molecule has 2 aromatic rings. The number of benzene rings is 2. The first kappa shape index (κ1) is 28.8. The lowest BCUT2D eigenvalue weighted by molar-refractivity contribution is -0.137. The Morgan fingerprint density at radius 3 is 2.51 bits per heavy atom. The SMILES string of the molecule is CCCN1CC[C@H](NCc2ccc(SC)cc2)[C@H](NC(=O)CNC(=O)c2cc(N)cc(C(F)(F)F)c2)C1. The van der Waals surface area contributed by atoms with E-state index in [1.807, 2.05) is 6.26 Å². The van der Waals surface area contributed by atoms with E-state index < -0.39 is 23.6 Å². The number of nitrogen functional groups attached to an aromatic ring is 1. The lowest BCUT2D eigenvalue weighted by Gasteiger charge is -2.39. The van der Waals surface area contributed by atoms with Crippen LogP contribution in [0.4, 0.5) is 18.9 Å². The molecule has 0 aliphatic carbocycles. The maximum absolute atomic E-state index is 13.1. The fourth-order valence-corrected chi connectivity index (χ4v) is 4.80. The summed E-state index contributed by atoms with van der Waals surface area (Å²) in [6, 6.07) is 10.8. The number of nitrogens with one attached hydrogen (secondary N) is 3. The molecule has 1 heterocycles. The van der Waals surface area contributed by atoms with Gasteiger partial charge >= 0.3 is 6.18 Å². The van der Waals surface area contributed by atoms with Gasteiger partial charge in [0.2, 0.25) is 5.91 Å². The van der Waals surface area contributed by atoms with Crippen molar-refractivity contribution in [3.8, 4) is 0 Å². The summed E-state index contributed by atoms with van der Waals surface area (Å²) in [4.78, 5) is 28.6. The summed E-state index contributed by atoms with van der Waals surface area (Å²) in [6.45, 7) is 4.91. The van der Waals surface area contributed by atoms with Crippen LogP contribution in [-0.4, -0.2) is 61.2 Å². The second kappa shape index (κ2) is 13.2. The van der Waals surface area contributed by atoms with Crippen molar-refractivity contribution in [2.45, 2.75) is 49.5 Å². The minimum atomic E-state index is -4.63. The predicted octanol–water partition coefficient (Wildman–Crippen LogP) is 3.50. The normalized spacial score (nSPS) is 18.4. The molecule has 0 aromatic heterocycles. The van der Waals surface area contributed by atoms with Gasteiger partial charge in [0.15, 0.2) is 0 Å². The Labute approximate surface area is 219 Å². The Morgan fingerprint density at radius 1 is 1.14 bits per heavy atom. The number of hydrogen-bond acceptors (Lipinski definition) is 6. The monoisotopic (exact) mass is 537 g/mol. The number of hydrogen-bond donors (Lipinski definition) is 4. The molecule has 0 radical (unpaired) electrons. The summed E-state index contributed by atoms with van der Waals surface area (Å²) < 4.78 is 39.2. The Kier molecular flexibility index (Phi) is 10.2. The number of nitrogens with two attached hydrogens (primary N) is 1. The Hall–Kier alpha value is -2.76. The van der Waals surface area contributed by atoms with Crippen LogP contribution in [0, 0.1) is 0 Å². The fraction of sp³-hybridized carbons (Fsp3) is 0.462. The van der Waals surface area contributed by atoms with Crippen LogP contribution in [0.1, 0.15) is 41.3 Å². The van der Waals surface area contributed by atoms with E-state index in [1.54, 1.807) is 11.8 Å². The first-order valence-electron chi connectivity index (χ1n) is 12.2. The van der Waals surface area contributed by atoms with Gasteiger partial charge in [0.25, 0.3) is 5.91 Å². The molecule has 0 saturated carbocycles. The van der Waals surface area contributed by atoms with Crippen molar-refractivity contribution < 1.29 is 22.8 Å². The molecular weight excluding hydrogens is 503 g/mol. The van der Waals surface area contributed by atoms with E-state index in [4.69, 9.17) is 5.73 Å². The number of piperidine rings is 1. The van der Waals surface area contributed by atoms with Gasteiger partial charge in [0.1, 0.15) is 0 Å². The number of likely N-dealkylation sites (tertiary alicyclic amines) is 1. The largest absolute Gasteiger partial charge is 0.416 e. The first-order chi connectivity index (χ1) is 17.6. The molecular formula is C26H34F3N5O2S. The highest BCUT2D eigenvalue weighted by Crippen LogP contribution is 2.31. The molecule has 2 atom stereocenters. The van der Waals surface area contributed by atoms with E-state index in [9.17, 15) is 22.8 Å². The minimum absolute atomic E-state index is 0.0382. The van der Waals surface area contributed by atoms with E-state index in [-0.39, 0.29) is 29.9 Å². The maximum atomic E-state index is 13.1. The van der Waals surface area contributed by atoms with Crippen molar-refractivity contribution >= 4 is 29.3 Å². The molecule has 1 saturated heterocycles. The lowest BCUT2D eigenvalue weighted by atomic mass is 9.98. The van der Waals surface area contributed by atoms with Crippen LogP contribution in [0.3, 0.4) is 0 Å². The number of halogens is 3. The summed E-state index contributed by atoms with van der Waals surface area (Å²) in [7, 11) is 0. The molecule has 1 fully saturated rings. The third-order valence-corrected chi connectivity index (χ3v) is 7.01. The molecule has 5 N–H and O–H groups in total. The first-order valence-corrected chi connectivity index (χ1v) is 13.5. The van der Waals surface area contributed by atoms with Gasteiger partial charge < -0.3 is 26.6 Å². The number of thioether (sulfide) groups is 1. The molecule has 0 spiro atoms. The highest BCUT2D eigenvalue weighted by Gasteiger charge is 2.32. The van der Waals surface area contributed by atoms with E-state index in [2.05, 4.69) is 52.0 Å². The van der Waals surface area contributed by atoms with Crippen LogP contribution in [-0.2, 0) is 17.5 Å². The van der Waals surface area contributed by atoms with E-state index in [0.717, 1.165) is 49.7 Å². The smallest absolute Gasteiger partial charge is 0.399 e. The zero-order valence-electron chi connectivity index (χ0n) is 21.0. The highest BCUT2D eigenvalue weighted by atomic mass is 32.2. The van der Waals surface area contributed by atoms with Crippen LogP contribution >= 0.6 is 11.8 Å². The Bertz CT molecular complexity index is 1070. The summed E-state index contributed by atoms with van der Waals surface area (Å²) in [5, 5.41) is 8.96. The number of anilines is 1. The van der Waals surface area contributed by atoms with Crippen molar-refractivity contribution in [3.05, 3.63) is 59.2 Å². The minimum Gasteiger partial charge on any atom is -0.399 e. The van der Waals surface area contributed by atoms with Crippen molar-refractivity contribution in [2.75, 3.05) is 38.2 Å². The molecule has 0 bridgehead atoms. The van der Waals surface area contributed by atoms with Crippen molar-refractivity contribution in [2.24, 2.45) is 0 Å². The van der Waals surface area contributed by atoms with Crippen LogP contribution in [0.5, 0.6) is 0 Å². The standard InChI is InChI=1S/C26H34F3N5O2S/c1-3-9-34-10-8-22(31-14-17-4-6-21(37-2)7-5-17)23(16-34)33-24(35)15-32-25(36)18-11-19(26(27,28)29)13-20(30)12-18/h4-7,11-13,22-23,31H,3,8-10,14-16,30H2,1-2H3,(H,32,36)(H,33,35)/t22-,23+/m0/s1. The number of amides is 2. The van der Waals surface area contributed by atoms with Gasteiger partial charge in [0.05, 0.1) is 18.2 Å². The number of carbonyl (C=O) groups is 2. The molecule has 0 unspecified atom stereocenters. The topological polar surface area (TPSA) is 99.5 Å². The molecule has 1 aliphatic heterocycles. The maximum Gasteiger partial charge on any atom is 0.416 e. The van der Waals surface area contributed by atoms with Crippen LogP contribution < -0.4 is 21.7 Å². The van der Waals surface area contributed by atoms with E-state index >= 15 is 0 Å². The third kappa shape index (κ3) is 8.65. The Balaban J connectivity index is 1.59. The average Bonchev–Trinajstić information content (AvgIpc) is 2.86. The number of alkyl halides is 3. The number of nitrogens with zero attached hydrogens (tertiary/aromatic N) is 1. The van der Waals surface area contributed by atoms with Gasteiger partial charge in [-0.2, -0.15) is 13.2 Å². The molecule has 3 rings (SSSR count). The van der Waals surface area contributed by atoms with Gasteiger partial charge in [-0.1, -0.05) is 19.1 Å². The molecule has 11 heteroatoms. The second-order valence-corrected chi connectivity index (χ2v) is 10.0. The average molecular weight is 538 g/mol. The van der Waals surface area contributed by atoms with Gasteiger partial charge in [-0.15, -0.1) is 11.8 Å². The van der Waals surface area contributed by atoms with Crippen molar-refractivity contribution in [3.63, 3.8) is 0 Å². The molecule has 2 aromatic carbocycles. The van der Waals surface area contributed by atoms with Crippen LogP contribution in [0.25, 0.3) is 0 Å². The summed E-state index contributed by atoms with van der Waals surface area (Å²) in [5.74, 6) is -1.21. The van der Waals surface area contributed by atoms with Gasteiger partial charge in [-0.3, -0.25) is 9.59 Å². The van der Waals surface area contributed by atoms with Gasteiger partial charge in [0, 0.05) is 35.3 Å². The molecule has 202 valence electrons. The molecule has 37 heavy (non-hydrogen) atoms. The molecule has 1 aliphatic rings. The van der Waals surface area contributed by atoms with Gasteiger partial charge in [-0.05, 0) is 68.1 Å². The van der Waals surface area contributed by atoms with E-state index in [0.29, 0.717) is 13.1 Å². The second-order valence-electron chi connectivity index (χ2n) is 9.12. The fourth-order valence-electron chi connectivity index (χ4n) is 4.39. The molecule has 2 amide bonds.